The van der Waals surface area contributed by atoms with Crippen molar-refractivity contribution in [3.05, 3.63) is 0 Å². The van der Waals surface area contributed by atoms with Gasteiger partial charge >= 0.3 is 83.6 Å². The Labute approximate surface area is 117 Å². The van der Waals surface area contributed by atoms with E-state index in [1.165, 1.54) is 0 Å². The van der Waals surface area contributed by atoms with Crippen molar-refractivity contribution in [2.75, 3.05) is 0 Å². The minimum atomic E-state index is -3.13. The summed E-state index contributed by atoms with van der Waals surface area (Å²) in [5.41, 5.74) is 0. The number of hydrogen-bond acceptors (Lipinski definition) is 1. The molecule has 0 fully saturated rings. The molecule has 0 amide bonds. The summed E-state index contributed by atoms with van der Waals surface area (Å²) in [7, 11) is -3.13. The zero-order chi connectivity index (χ0) is 3.58. The van der Waals surface area contributed by atoms with E-state index >= 15 is 0 Å². The Bertz CT molecular complexity index is 46.7. The molecule has 0 spiro atoms. The Kier molecular flexibility index (Phi) is 51.2. The summed E-state index contributed by atoms with van der Waals surface area (Å²) in [5, 5.41) is 0. The molecule has 0 bridgehead atoms. The molecule has 2 N–H and O–H groups in total. The van der Waals surface area contributed by atoms with Crippen molar-refractivity contribution in [3.8, 4) is 0 Å². The van der Waals surface area contributed by atoms with Crippen molar-refractivity contribution in [1.29, 1.82) is 0 Å². The van der Waals surface area contributed by atoms with Gasteiger partial charge in [-0.1, -0.05) is 0 Å². The quantitative estimate of drug-likeness (QED) is 0.360. The molecule has 0 aromatic heterocycles. The van der Waals surface area contributed by atoms with Crippen LogP contribution in [0.4, 0.5) is 0 Å². The second-order valence-electron chi connectivity index (χ2n) is 0.283. The second-order valence-corrected chi connectivity index (χ2v) is 0.848. The van der Waals surface area contributed by atoms with E-state index in [-0.39, 0.29) is 96.1 Å². The largest absolute Gasteiger partial charge is 2.00 e. The summed E-state index contributed by atoms with van der Waals surface area (Å²) in [6, 6.07) is 0. The molecule has 0 unspecified atom stereocenters. The summed E-state index contributed by atoms with van der Waals surface area (Å²) in [4.78, 5) is 14.3. The maximum atomic E-state index is 8.74. The Morgan fingerprint density at radius 1 is 1.43 bits per heavy atom. The van der Waals surface area contributed by atoms with Crippen molar-refractivity contribution in [1.82, 2.24) is 0 Å². The topological polar surface area (TPSA) is 57.5 Å². The fourth-order valence-corrected chi connectivity index (χ4v) is 0. The van der Waals surface area contributed by atoms with Crippen molar-refractivity contribution in [2.45, 2.75) is 0 Å². The Balaban J connectivity index is -0.00000000300. The number of rotatable bonds is 0. The van der Waals surface area contributed by atoms with Crippen LogP contribution in [-0.2, 0) is 4.46 Å². The van der Waals surface area contributed by atoms with Crippen LogP contribution in [0.25, 0.3) is 0 Å². The van der Waals surface area contributed by atoms with Gasteiger partial charge in [0.2, 0.25) is 0 Å². The molecule has 7 heavy (non-hydrogen) atoms. The van der Waals surface area contributed by atoms with Gasteiger partial charge in [0.05, 0.1) is 0 Å². The molecular weight excluding hydrogens is 166 g/mol. The van der Waals surface area contributed by atoms with Crippen LogP contribution >= 0.6 is 0 Å². The third-order valence-electron chi connectivity index (χ3n) is 0. The molecule has 36 valence electrons. The van der Waals surface area contributed by atoms with Crippen molar-refractivity contribution in [3.63, 3.8) is 0 Å². The van der Waals surface area contributed by atoms with Gasteiger partial charge in [-0.3, -0.25) is 4.46 Å². The Morgan fingerprint density at radius 3 is 1.43 bits per heavy atom. The smallest absolute Gasteiger partial charge is 1.00 e. The predicted octanol–water partition coefficient (Wildman–Crippen LogP) is -5.84. The van der Waals surface area contributed by atoms with E-state index in [0.29, 0.717) is 0 Å². The third kappa shape index (κ3) is 56.4. The van der Waals surface area contributed by atoms with Gasteiger partial charge in [-0.05, 0) is 0 Å². The molecule has 0 atom stereocenters. The zero-order valence-electron chi connectivity index (χ0n) is 6.51. The van der Waals surface area contributed by atoms with E-state index in [1.807, 2.05) is 0 Å². The maximum absolute atomic E-state index is 8.74. The minimum absolute atomic E-state index is 0. The van der Waals surface area contributed by atoms with Gasteiger partial charge in [0.15, 0.2) is 17.4 Å². The molecule has 0 radical (unpaired) electrons. The average Bonchev–Trinajstić information content (AvgIpc) is 0.811. The van der Waals surface area contributed by atoms with Crippen LogP contribution in [0.5, 0.6) is 0 Å². The molecule has 7 heteroatoms. The molecule has 0 aliphatic carbocycles. The van der Waals surface area contributed by atoms with Gasteiger partial charge in [-0.15, -0.1) is 0 Å². The third-order valence-corrected chi connectivity index (χ3v) is 0. The van der Waals surface area contributed by atoms with E-state index < -0.39 is 9.17 Å². The van der Waals surface area contributed by atoms with Crippen LogP contribution in [0.1, 0.15) is 4.28 Å². The fraction of sp³-hybridized carbons (Fsp3) is 0. The van der Waals surface area contributed by atoms with E-state index in [2.05, 4.69) is 0 Å². The number of hydrogen-bond donors (Lipinski definition) is 2. The van der Waals surface area contributed by atoms with Gasteiger partial charge in [-0.2, -0.15) is 0 Å². The molecule has 0 aliphatic rings. The summed E-state index contributed by atoms with van der Waals surface area (Å²) >= 11 is 0. The van der Waals surface area contributed by atoms with E-state index in [0.717, 1.165) is 0 Å². The van der Waals surface area contributed by atoms with Crippen molar-refractivity contribution >= 4 is 49.6 Å². The van der Waals surface area contributed by atoms with Crippen LogP contribution < -0.4 is 51.4 Å². The Morgan fingerprint density at radius 2 is 1.43 bits per heavy atom. The van der Waals surface area contributed by atoms with Gasteiger partial charge in [0.25, 0.3) is 0 Å². The molecular formula is H8AlKMgO3Si. The van der Waals surface area contributed by atoms with Gasteiger partial charge in [0, 0.05) is 0 Å². The van der Waals surface area contributed by atoms with Crippen LogP contribution in [0.2, 0.25) is 0 Å². The summed E-state index contributed by atoms with van der Waals surface area (Å²) in [5.74, 6) is 0. The van der Waals surface area contributed by atoms with Crippen LogP contribution in [0.15, 0.2) is 0 Å². The molecule has 0 saturated heterocycles. The first-order chi connectivity index (χ1) is 1.73. The van der Waals surface area contributed by atoms with Crippen LogP contribution in [0.3, 0.4) is 0 Å². The second kappa shape index (κ2) is 15.8. The van der Waals surface area contributed by atoms with Crippen LogP contribution in [0, 0.1) is 0 Å². The molecule has 0 aromatic rings. The molecule has 3 nitrogen and oxygen atoms in total. The molecule has 0 rings (SSSR count). The van der Waals surface area contributed by atoms with E-state index in [4.69, 9.17) is 14.1 Å². The first kappa shape index (κ1) is 22.7. The molecule has 0 heterocycles. The molecule has 0 aliphatic heterocycles. The van der Waals surface area contributed by atoms with E-state index in [1.54, 1.807) is 0 Å². The standard InChI is InChI=1S/Al.K.Mg.H2O3Si.6H/c;;;1-4(2)3;;;;;;/h;;;1-2H;;;;;;/q;+1;+2;;;;;3*-1. The van der Waals surface area contributed by atoms with Gasteiger partial charge in [-0.25, -0.2) is 0 Å². The maximum Gasteiger partial charge on any atom is 2.00 e. The average molecular weight is 175 g/mol. The van der Waals surface area contributed by atoms with Gasteiger partial charge < -0.3 is 13.9 Å². The first-order valence-electron chi connectivity index (χ1n) is 0.651. The zero-order valence-corrected chi connectivity index (χ0v) is 9.05. The minimum Gasteiger partial charge on any atom is -1.00 e. The molecule has 0 aromatic carbocycles. The SMILES string of the molecule is O=[Si](O)O.[AlH3].[H-].[H-].[H-].[K+].[Mg+2]. The summed E-state index contributed by atoms with van der Waals surface area (Å²) in [6.45, 7) is 0. The van der Waals surface area contributed by atoms with Crippen molar-refractivity contribution < 1.29 is 69.7 Å². The normalized spacial score (nSPS) is 3.43. The molecule has 0 saturated carbocycles. The van der Waals surface area contributed by atoms with E-state index in [9.17, 15) is 0 Å². The predicted molar refractivity (Wildman–Crippen MR) is 29.9 cm³/mol. The van der Waals surface area contributed by atoms with Crippen LogP contribution in [-0.4, -0.2) is 59.2 Å². The fourth-order valence-electron chi connectivity index (χ4n) is 0. The first-order valence-corrected chi connectivity index (χ1v) is 1.95. The van der Waals surface area contributed by atoms with Gasteiger partial charge in [0.1, 0.15) is 0 Å². The Hall–Kier alpha value is 2.55. The summed E-state index contributed by atoms with van der Waals surface area (Å²) in [6.07, 6.45) is 0. The van der Waals surface area contributed by atoms with Crippen molar-refractivity contribution in [2.24, 2.45) is 0 Å². The summed E-state index contributed by atoms with van der Waals surface area (Å²) < 4.78 is 8.74. The monoisotopic (exact) mass is 174 g/mol.